The molecule has 0 amide bonds. The fourth-order valence-electron chi connectivity index (χ4n) is 5.31. The molecule has 2 bridgehead atoms. The quantitative estimate of drug-likeness (QED) is 0.889. The molecule has 1 saturated carbocycles. The molecule has 2 heterocycles. The lowest BCUT2D eigenvalue weighted by molar-refractivity contribution is 0.0940. The van der Waals surface area contributed by atoms with Gasteiger partial charge in [0.25, 0.3) is 0 Å². The minimum atomic E-state index is 0.519. The Kier molecular flexibility index (Phi) is 2.94. The van der Waals surface area contributed by atoms with E-state index in [0.29, 0.717) is 11.5 Å². The first-order valence-corrected chi connectivity index (χ1v) is 8.20. The molecule has 4 rings (SSSR count). The molecule has 1 aliphatic carbocycles. The molecule has 0 radical (unpaired) electrons. The average molecular weight is 270 g/mol. The van der Waals surface area contributed by atoms with Crippen LogP contribution >= 0.6 is 0 Å². The maximum atomic E-state index is 4.02. The van der Waals surface area contributed by atoms with Crippen molar-refractivity contribution in [1.82, 2.24) is 10.2 Å². The molecule has 5 atom stereocenters. The lowest BCUT2D eigenvalue weighted by Crippen LogP contribution is -2.58. The van der Waals surface area contributed by atoms with E-state index in [0.717, 1.165) is 18.1 Å². The van der Waals surface area contributed by atoms with Crippen molar-refractivity contribution in [3.8, 4) is 0 Å². The van der Waals surface area contributed by atoms with E-state index in [1.54, 1.807) is 0 Å². The number of hydrogen-bond donors (Lipinski definition) is 1. The van der Waals surface area contributed by atoms with E-state index < -0.39 is 0 Å². The smallest absolute Gasteiger partial charge is 0.0266 e. The predicted octanol–water partition coefficient (Wildman–Crippen LogP) is 2.83. The van der Waals surface area contributed by atoms with Crippen molar-refractivity contribution in [2.24, 2.45) is 5.41 Å². The summed E-state index contributed by atoms with van der Waals surface area (Å²) < 4.78 is 0. The summed E-state index contributed by atoms with van der Waals surface area (Å²) in [6.07, 6.45) is 6.74. The van der Waals surface area contributed by atoms with E-state index in [1.165, 1.54) is 37.7 Å². The Morgan fingerprint density at radius 1 is 1.25 bits per heavy atom. The highest BCUT2D eigenvalue weighted by atomic mass is 15.3. The molecule has 2 aliphatic heterocycles. The van der Waals surface area contributed by atoms with E-state index in [-0.39, 0.29) is 0 Å². The number of hydrogen-bond acceptors (Lipinski definition) is 2. The molecule has 20 heavy (non-hydrogen) atoms. The van der Waals surface area contributed by atoms with E-state index in [4.69, 9.17) is 0 Å². The van der Waals surface area contributed by atoms with Crippen molar-refractivity contribution in [3.05, 3.63) is 35.9 Å². The summed E-state index contributed by atoms with van der Waals surface area (Å²) in [7, 11) is 2.37. The van der Waals surface area contributed by atoms with Crippen LogP contribution in [-0.2, 0) is 6.42 Å². The van der Waals surface area contributed by atoms with Gasteiger partial charge in [0.15, 0.2) is 0 Å². The molecule has 0 spiro atoms. The van der Waals surface area contributed by atoms with Gasteiger partial charge in [-0.3, -0.25) is 4.90 Å². The lowest BCUT2D eigenvalue weighted by Gasteiger charge is -2.47. The highest BCUT2D eigenvalue weighted by molar-refractivity contribution is 5.21. The first-order chi connectivity index (χ1) is 9.68. The second-order valence-electron chi connectivity index (χ2n) is 7.40. The molecule has 2 saturated heterocycles. The molecular formula is C18H26N2. The number of benzene rings is 1. The van der Waals surface area contributed by atoms with E-state index in [1.807, 2.05) is 0 Å². The molecular weight excluding hydrogens is 244 g/mol. The summed E-state index contributed by atoms with van der Waals surface area (Å²) in [6.45, 7) is 2.53. The van der Waals surface area contributed by atoms with Gasteiger partial charge < -0.3 is 5.32 Å². The lowest BCUT2D eigenvalue weighted by atomic mass is 9.65. The predicted molar refractivity (Wildman–Crippen MR) is 82.8 cm³/mol. The molecule has 1 N–H and O–H groups in total. The van der Waals surface area contributed by atoms with Crippen LogP contribution in [0.4, 0.5) is 0 Å². The van der Waals surface area contributed by atoms with Crippen LogP contribution in [0.5, 0.6) is 0 Å². The largest absolute Gasteiger partial charge is 0.309 e. The summed E-state index contributed by atoms with van der Waals surface area (Å²) >= 11 is 0. The first-order valence-electron chi connectivity index (χ1n) is 8.20. The number of nitrogens with zero attached hydrogens (tertiary/aromatic N) is 1. The molecule has 2 nitrogen and oxygen atoms in total. The number of likely N-dealkylation sites (tertiary alicyclic amines) is 1. The van der Waals surface area contributed by atoms with Crippen LogP contribution in [0.15, 0.2) is 30.3 Å². The molecule has 3 aliphatic rings. The second-order valence-corrected chi connectivity index (χ2v) is 7.40. The minimum absolute atomic E-state index is 0.519. The van der Waals surface area contributed by atoms with Crippen molar-refractivity contribution in [2.45, 2.75) is 63.2 Å². The number of nitrogens with one attached hydrogen (secondary N) is 1. The van der Waals surface area contributed by atoms with E-state index in [2.05, 4.69) is 54.5 Å². The Labute approximate surface area is 122 Å². The van der Waals surface area contributed by atoms with Crippen LogP contribution in [0, 0.1) is 5.41 Å². The summed E-state index contributed by atoms with van der Waals surface area (Å²) in [5, 5.41) is 4.02. The Morgan fingerprint density at radius 3 is 2.85 bits per heavy atom. The third-order valence-electron chi connectivity index (χ3n) is 6.37. The fraction of sp³-hybridized carbons (Fsp3) is 0.667. The summed E-state index contributed by atoms with van der Waals surface area (Å²) in [5.74, 6) is 0. The van der Waals surface area contributed by atoms with Gasteiger partial charge in [-0.1, -0.05) is 43.7 Å². The van der Waals surface area contributed by atoms with Crippen LogP contribution in [0.25, 0.3) is 0 Å². The maximum absolute atomic E-state index is 4.02. The summed E-state index contributed by atoms with van der Waals surface area (Å²) in [5.41, 5.74) is 1.99. The molecule has 1 aromatic rings. The van der Waals surface area contributed by atoms with Crippen molar-refractivity contribution < 1.29 is 0 Å². The number of likely N-dealkylation sites (N-methyl/N-ethyl adjacent to an activating group) is 1. The fourth-order valence-corrected chi connectivity index (χ4v) is 5.31. The van der Waals surface area contributed by atoms with Crippen LogP contribution in [-0.4, -0.2) is 36.1 Å². The van der Waals surface area contributed by atoms with Crippen molar-refractivity contribution in [1.29, 1.82) is 0 Å². The molecule has 1 aromatic carbocycles. The Bertz CT molecular complexity index is 485. The van der Waals surface area contributed by atoms with Crippen molar-refractivity contribution in [3.63, 3.8) is 0 Å². The second kappa shape index (κ2) is 4.57. The van der Waals surface area contributed by atoms with Gasteiger partial charge in [-0.05, 0) is 43.7 Å². The number of rotatable bonds is 2. The Hall–Kier alpha value is -0.860. The third kappa shape index (κ3) is 1.78. The molecule has 108 valence electrons. The standard InChI is InChI=1S/C18H26N2/c1-18-12-15-14(11-13-7-4-3-5-8-13)19-16(18)9-6-10-17(18)20(15)2/h3-5,7-8,14-17,19H,6,9-12H2,1-2H3/t14-,15-,16+,17-,18+/m0/s1. The van der Waals surface area contributed by atoms with E-state index in [9.17, 15) is 0 Å². The Morgan fingerprint density at radius 2 is 2.05 bits per heavy atom. The SMILES string of the molecule is CN1[C@H]2CCC[C@H]3N[C@@H](Cc4ccccc4)[C@@H]1C[C@@]23C. The van der Waals surface area contributed by atoms with Crippen LogP contribution in [0.2, 0.25) is 0 Å². The van der Waals surface area contributed by atoms with Gasteiger partial charge >= 0.3 is 0 Å². The van der Waals surface area contributed by atoms with Crippen LogP contribution < -0.4 is 5.32 Å². The van der Waals surface area contributed by atoms with Gasteiger partial charge in [0.2, 0.25) is 0 Å². The van der Waals surface area contributed by atoms with Gasteiger partial charge in [-0.25, -0.2) is 0 Å². The first kappa shape index (κ1) is 12.8. The third-order valence-corrected chi connectivity index (χ3v) is 6.37. The average Bonchev–Trinajstić information content (AvgIpc) is 2.72. The monoisotopic (exact) mass is 270 g/mol. The normalized spacial score (nSPS) is 43.7. The molecule has 0 aromatic heterocycles. The van der Waals surface area contributed by atoms with Crippen LogP contribution in [0.3, 0.4) is 0 Å². The van der Waals surface area contributed by atoms with Gasteiger partial charge in [-0.15, -0.1) is 0 Å². The zero-order chi connectivity index (χ0) is 13.7. The molecule has 3 fully saturated rings. The highest BCUT2D eigenvalue weighted by Gasteiger charge is 2.58. The number of fused-ring (bicyclic) bond motifs is 1. The number of piperidine rings is 1. The van der Waals surface area contributed by atoms with Gasteiger partial charge in [-0.2, -0.15) is 0 Å². The molecule has 0 unspecified atom stereocenters. The maximum Gasteiger partial charge on any atom is 0.0266 e. The van der Waals surface area contributed by atoms with Crippen molar-refractivity contribution >= 4 is 0 Å². The molecule has 2 heteroatoms. The van der Waals surface area contributed by atoms with Gasteiger partial charge in [0.05, 0.1) is 0 Å². The van der Waals surface area contributed by atoms with Crippen LogP contribution in [0.1, 0.15) is 38.2 Å². The summed E-state index contributed by atoms with van der Waals surface area (Å²) in [4.78, 5) is 2.71. The van der Waals surface area contributed by atoms with E-state index >= 15 is 0 Å². The highest BCUT2D eigenvalue weighted by Crippen LogP contribution is 2.52. The Balaban J connectivity index is 1.61. The topological polar surface area (TPSA) is 15.3 Å². The summed E-state index contributed by atoms with van der Waals surface area (Å²) in [6, 6.07) is 13.9. The zero-order valence-corrected chi connectivity index (χ0v) is 12.7. The van der Waals surface area contributed by atoms with Gasteiger partial charge in [0, 0.05) is 24.2 Å². The van der Waals surface area contributed by atoms with Crippen molar-refractivity contribution in [2.75, 3.05) is 7.05 Å². The van der Waals surface area contributed by atoms with Gasteiger partial charge in [0.1, 0.15) is 0 Å². The zero-order valence-electron chi connectivity index (χ0n) is 12.7. The minimum Gasteiger partial charge on any atom is -0.309 e.